The summed E-state index contributed by atoms with van der Waals surface area (Å²) in [6.07, 6.45) is 0.626. The third kappa shape index (κ3) is 3.99. The van der Waals surface area contributed by atoms with Crippen molar-refractivity contribution in [3.63, 3.8) is 0 Å². The molecule has 0 aliphatic carbocycles. The van der Waals surface area contributed by atoms with E-state index >= 15 is 0 Å². The first-order valence-corrected chi connectivity index (χ1v) is 8.23. The third-order valence-corrected chi connectivity index (χ3v) is 5.11. The van der Waals surface area contributed by atoms with Crippen LogP contribution in [0.2, 0.25) is 0 Å². The predicted octanol–water partition coefficient (Wildman–Crippen LogP) is 0.946. The molecule has 0 bridgehead atoms. The lowest BCUT2D eigenvalue weighted by Gasteiger charge is -2.27. The lowest BCUT2D eigenvalue weighted by Crippen LogP contribution is -2.41. The normalized spacial score (nSPS) is 21.2. The van der Waals surface area contributed by atoms with E-state index in [-0.39, 0.29) is 23.4 Å². The summed E-state index contributed by atoms with van der Waals surface area (Å²) in [5, 5.41) is 0. The second-order valence-corrected chi connectivity index (χ2v) is 7.21. The fraction of sp³-hybridized carbons (Fsp3) is 0.538. The molecule has 1 atom stereocenters. The average molecular weight is 286 g/mol. The Morgan fingerprint density at radius 1 is 1.26 bits per heavy atom. The van der Waals surface area contributed by atoms with Gasteiger partial charge in [0.1, 0.15) is 5.82 Å². The van der Waals surface area contributed by atoms with Crippen molar-refractivity contribution in [2.45, 2.75) is 12.5 Å². The van der Waals surface area contributed by atoms with Crippen molar-refractivity contribution in [3.8, 4) is 0 Å². The Morgan fingerprint density at radius 3 is 2.53 bits per heavy atom. The second-order valence-electron chi connectivity index (χ2n) is 4.91. The van der Waals surface area contributed by atoms with Crippen LogP contribution < -0.4 is 5.73 Å². The van der Waals surface area contributed by atoms with Gasteiger partial charge in [0, 0.05) is 31.2 Å². The highest BCUT2D eigenvalue weighted by Crippen LogP contribution is 2.18. The molecular formula is C13H19FN2O2S. The van der Waals surface area contributed by atoms with E-state index in [9.17, 15) is 12.8 Å². The van der Waals surface area contributed by atoms with Gasteiger partial charge >= 0.3 is 0 Å². The third-order valence-electron chi connectivity index (χ3n) is 3.50. The van der Waals surface area contributed by atoms with E-state index < -0.39 is 9.84 Å². The summed E-state index contributed by atoms with van der Waals surface area (Å²) < 4.78 is 36.1. The van der Waals surface area contributed by atoms with Gasteiger partial charge in [-0.25, -0.2) is 12.8 Å². The van der Waals surface area contributed by atoms with Crippen molar-refractivity contribution < 1.29 is 12.8 Å². The molecule has 19 heavy (non-hydrogen) atoms. The Labute approximate surface area is 113 Å². The maximum Gasteiger partial charge on any atom is 0.152 e. The maximum absolute atomic E-state index is 13.5. The minimum atomic E-state index is -2.85. The van der Waals surface area contributed by atoms with Crippen LogP contribution in [0.4, 0.5) is 4.39 Å². The first kappa shape index (κ1) is 14.4. The Hall–Kier alpha value is -0.980. The summed E-state index contributed by atoms with van der Waals surface area (Å²) in [6, 6.07) is 6.16. The smallest absolute Gasteiger partial charge is 0.152 e. The minimum Gasteiger partial charge on any atom is -0.324 e. The van der Waals surface area contributed by atoms with Crippen molar-refractivity contribution in [1.82, 2.24) is 4.90 Å². The van der Waals surface area contributed by atoms with Gasteiger partial charge < -0.3 is 10.6 Å². The van der Waals surface area contributed by atoms with Crippen molar-refractivity contribution in [3.05, 3.63) is 35.6 Å². The number of benzene rings is 1. The summed E-state index contributed by atoms with van der Waals surface area (Å²) in [4.78, 5) is 2.07. The van der Waals surface area contributed by atoms with Gasteiger partial charge in [-0.3, -0.25) is 0 Å². The van der Waals surface area contributed by atoms with Crippen LogP contribution in [-0.2, 0) is 9.84 Å². The van der Waals surface area contributed by atoms with Crippen LogP contribution in [-0.4, -0.2) is 44.5 Å². The molecular weight excluding hydrogens is 267 g/mol. The largest absolute Gasteiger partial charge is 0.324 e. The highest BCUT2D eigenvalue weighted by Gasteiger charge is 2.22. The van der Waals surface area contributed by atoms with Crippen LogP contribution >= 0.6 is 0 Å². The molecule has 1 aromatic rings. The molecule has 1 fully saturated rings. The van der Waals surface area contributed by atoms with Crippen molar-refractivity contribution in [1.29, 1.82) is 0 Å². The molecule has 6 heteroatoms. The molecule has 1 aromatic carbocycles. The topological polar surface area (TPSA) is 63.4 Å². The number of rotatable bonds is 4. The molecule has 1 aliphatic rings. The summed E-state index contributed by atoms with van der Waals surface area (Å²) >= 11 is 0. The number of nitrogens with zero attached hydrogens (tertiary/aromatic N) is 1. The van der Waals surface area contributed by atoms with E-state index in [0.717, 1.165) is 0 Å². The van der Waals surface area contributed by atoms with Gasteiger partial charge in [-0.2, -0.15) is 0 Å². The van der Waals surface area contributed by atoms with Crippen LogP contribution in [0.3, 0.4) is 0 Å². The fourth-order valence-corrected chi connectivity index (χ4v) is 3.50. The first-order valence-electron chi connectivity index (χ1n) is 6.41. The van der Waals surface area contributed by atoms with E-state index in [1.165, 1.54) is 6.07 Å². The molecule has 0 saturated carbocycles. The molecule has 0 spiro atoms. The second kappa shape index (κ2) is 5.98. The van der Waals surface area contributed by atoms with Gasteiger partial charge in [0.05, 0.1) is 11.5 Å². The monoisotopic (exact) mass is 286 g/mol. The molecule has 4 nitrogen and oxygen atoms in total. The zero-order valence-corrected chi connectivity index (χ0v) is 11.6. The highest BCUT2D eigenvalue weighted by atomic mass is 32.2. The summed E-state index contributed by atoms with van der Waals surface area (Å²) in [5.41, 5.74) is 6.50. The van der Waals surface area contributed by atoms with E-state index in [0.29, 0.717) is 31.6 Å². The highest BCUT2D eigenvalue weighted by molar-refractivity contribution is 7.91. The predicted molar refractivity (Wildman–Crippen MR) is 73.0 cm³/mol. The summed E-state index contributed by atoms with van der Waals surface area (Å²) in [7, 11) is -2.85. The molecule has 2 N–H and O–H groups in total. The first-order chi connectivity index (χ1) is 8.98. The Morgan fingerprint density at radius 2 is 1.89 bits per heavy atom. The molecule has 0 radical (unpaired) electrons. The number of sulfone groups is 1. The van der Waals surface area contributed by atoms with Crippen molar-refractivity contribution in [2.75, 3.05) is 31.1 Å². The van der Waals surface area contributed by atoms with Crippen LogP contribution in [0, 0.1) is 5.82 Å². The molecule has 106 valence electrons. The Bertz CT molecular complexity index is 519. The van der Waals surface area contributed by atoms with Crippen LogP contribution in [0.25, 0.3) is 0 Å². The number of hydrogen-bond donors (Lipinski definition) is 1. The quantitative estimate of drug-likeness (QED) is 0.895. The van der Waals surface area contributed by atoms with Gasteiger partial charge in [0.2, 0.25) is 0 Å². The van der Waals surface area contributed by atoms with Gasteiger partial charge in [0.25, 0.3) is 0 Å². The molecule has 2 rings (SSSR count). The van der Waals surface area contributed by atoms with Gasteiger partial charge in [-0.1, -0.05) is 18.2 Å². The molecule has 1 unspecified atom stereocenters. The lowest BCUT2D eigenvalue weighted by atomic mass is 10.0. The SMILES string of the molecule is NC(CCN1CCS(=O)(=O)CC1)c1ccccc1F. The van der Waals surface area contributed by atoms with Crippen molar-refractivity contribution >= 4 is 9.84 Å². The standard InChI is InChI=1S/C13H19FN2O2S/c14-12-4-2-1-3-11(12)13(15)5-6-16-7-9-19(17,18)10-8-16/h1-4,13H,5-10,15H2. The number of hydrogen-bond acceptors (Lipinski definition) is 4. The average Bonchev–Trinajstić information content (AvgIpc) is 2.38. The Kier molecular flexibility index (Phi) is 4.54. The van der Waals surface area contributed by atoms with E-state index in [2.05, 4.69) is 4.90 Å². The van der Waals surface area contributed by atoms with Crippen LogP contribution in [0.15, 0.2) is 24.3 Å². The van der Waals surface area contributed by atoms with Crippen LogP contribution in [0.5, 0.6) is 0 Å². The molecule has 0 amide bonds. The summed E-state index contributed by atoms with van der Waals surface area (Å²) in [5.74, 6) is 0.139. The summed E-state index contributed by atoms with van der Waals surface area (Å²) in [6.45, 7) is 1.80. The molecule has 1 saturated heterocycles. The maximum atomic E-state index is 13.5. The van der Waals surface area contributed by atoms with Gasteiger partial charge in [0.15, 0.2) is 9.84 Å². The van der Waals surface area contributed by atoms with E-state index in [1.807, 2.05) is 0 Å². The van der Waals surface area contributed by atoms with Gasteiger partial charge in [-0.15, -0.1) is 0 Å². The molecule has 0 aromatic heterocycles. The zero-order valence-electron chi connectivity index (χ0n) is 10.8. The Balaban J connectivity index is 1.85. The number of nitrogens with two attached hydrogens (primary N) is 1. The van der Waals surface area contributed by atoms with Gasteiger partial charge in [-0.05, 0) is 12.5 Å². The minimum absolute atomic E-state index is 0.210. The van der Waals surface area contributed by atoms with Crippen molar-refractivity contribution in [2.24, 2.45) is 5.73 Å². The number of halogens is 1. The lowest BCUT2D eigenvalue weighted by molar-refractivity contribution is 0.282. The van der Waals surface area contributed by atoms with Crippen LogP contribution in [0.1, 0.15) is 18.0 Å². The zero-order chi connectivity index (χ0) is 13.9. The van der Waals surface area contributed by atoms with E-state index in [4.69, 9.17) is 5.73 Å². The fourth-order valence-electron chi connectivity index (χ4n) is 2.23. The molecule has 1 heterocycles. The van der Waals surface area contributed by atoms with E-state index in [1.54, 1.807) is 18.2 Å². The molecule has 1 aliphatic heterocycles.